The molecule has 0 saturated heterocycles. The minimum absolute atomic E-state index is 0.100. The molecule has 6 heteroatoms. The Kier molecular flexibility index (Phi) is 4.98. The van der Waals surface area contributed by atoms with E-state index in [2.05, 4.69) is 36.2 Å². The van der Waals surface area contributed by atoms with Gasteiger partial charge in [0.2, 0.25) is 5.89 Å². The number of hydrogen-bond donors (Lipinski definition) is 2. The van der Waals surface area contributed by atoms with Gasteiger partial charge in [0.25, 0.3) is 0 Å². The molecule has 6 nitrogen and oxygen atoms in total. The zero-order chi connectivity index (χ0) is 15.5. The SMILES string of the molecule is CC(C)(C)c1noc(CNCC2CCC(C(=O)O)CC2)n1. The Labute approximate surface area is 125 Å². The van der Waals surface area contributed by atoms with Crippen molar-refractivity contribution in [1.82, 2.24) is 15.5 Å². The van der Waals surface area contributed by atoms with Crippen LogP contribution < -0.4 is 5.32 Å². The van der Waals surface area contributed by atoms with E-state index in [1.165, 1.54) is 0 Å². The average Bonchev–Trinajstić information content (AvgIpc) is 2.88. The second-order valence-corrected chi connectivity index (χ2v) is 6.95. The van der Waals surface area contributed by atoms with Crippen LogP contribution in [0.1, 0.15) is 58.2 Å². The van der Waals surface area contributed by atoms with E-state index in [0.717, 1.165) is 38.1 Å². The first-order valence-electron chi connectivity index (χ1n) is 7.63. The lowest BCUT2D eigenvalue weighted by Gasteiger charge is -2.25. The molecule has 21 heavy (non-hydrogen) atoms. The van der Waals surface area contributed by atoms with Crippen LogP contribution in [0, 0.1) is 11.8 Å². The van der Waals surface area contributed by atoms with Gasteiger partial charge in [-0.15, -0.1) is 0 Å². The molecule has 1 heterocycles. The van der Waals surface area contributed by atoms with Gasteiger partial charge in [0.1, 0.15) is 0 Å². The molecule has 0 spiro atoms. The van der Waals surface area contributed by atoms with E-state index in [4.69, 9.17) is 9.63 Å². The minimum Gasteiger partial charge on any atom is -0.481 e. The van der Waals surface area contributed by atoms with Gasteiger partial charge in [-0.1, -0.05) is 25.9 Å². The van der Waals surface area contributed by atoms with Gasteiger partial charge >= 0.3 is 5.97 Å². The van der Waals surface area contributed by atoms with Gasteiger partial charge in [0, 0.05) is 5.41 Å². The molecule has 0 atom stereocenters. The average molecular weight is 295 g/mol. The highest BCUT2D eigenvalue weighted by Crippen LogP contribution is 2.28. The molecule has 1 aromatic rings. The number of carboxylic acids is 1. The van der Waals surface area contributed by atoms with Gasteiger partial charge in [-0.3, -0.25) is 4.79 Å². The Morgan fingerprint density at radius 3 is 2.52 bits per heavy atom. The Morgan fingerprint density at radius 1 is 1.33 bits per heavy atom. The number of carboxylic acid groups (broad SMARTS) is 1. The lowest BCUT2D eigenvalue weighted by atomic mass is 9.82. The number of hydrogen-bond acceptors (Lipinski definition) is 5. The van der Waals surface area contributed by atoms with Gasteiger partial charge in [-0.2, -0.15) is 4.98 Å². The van der Waals surface area contributed by atoms with Crippen molar-refractivity contribution in [2.75, 3.05) is 6.54 Å². The summed E-state index contributed by atoms with van der Waals surface area (Å²) >= 11 is 0. The summed E-state index contributed by atoms with van der Waals surface area (Å²) in [5.41, 5.74) is -0.100. The molecule has 1 saturated carbocycles. The molecule has 2 N–H and O–H groups in total. The maximum Gasteiger partial charge on any atom is 0.306 e. The Morgan fingerprint density at radius 2 is 2.00 bits per heavy atom. The van der Waals surface area contributed by atoms with Crippen molar-refractivity contribution >= 4 is 5.97 Å². The largest absolute Gasteiger partial charge is 0.481 e. The fraction of sp³-hybridized carbons (Fsp3) is 0.800. The van der Waals surface area contributed by atoms with Crippen LogP contribution in [-0.2, 0) is 16.8 Å². The van der Waals surface area contributed by atoms with Crippen molar-refractivity contribution in [2.45, 2.75) is 58.4 Å². The standard InChI is InChI=1S/C15H25N3O3/c1-15(2,3)14-17-12(21-18-14)9-16-8-10-4-6-11(7-5-10)13(19)20/h10-11,16H,4-9H2,1-3H3,(H,19,20). The molecule has 0 unspecified atom stereocenters. The van der Waals surface area contributed by atoms with Gasteiger partial charge < -0.3 is 14.9 Å². The van der Waals surface area contributed by atoms with E-state index < -0.39 is 5.97 Å². The molecule has 1 aromatic heterocycles. The molecule has 0 bridgehead atoms. The Balaban J connectivity index is 1.71. The molecule has 1 aliphatic rings. The van der Waals surface area contributed by atoms with Crippen LogP contribution in [-0.4, -0.2) is 27.8 Å². The first-order chi connectivity index (χ1) is 9.86. The molecule has 0 aliphatic heterocycles. The van der Waals surface area contributed by atoms with E-state index in [-0.39, 0.29) is 11.3 Å². The molecular weight excluding hydrogens is 270 g/mol. The number of carbonyl (C=O) groups is 1. The highest BCUT2D eigenvalue weighted by molar-refractivity contribution is 5.69. The monoisotopic (exact) mass is 295 g/mol. The molecule has 2 rings (SSSR count). The maximum absolute atomic E-state index is 10.9. The smallest absolute Gasteiger partial charge is 0.306 e. The van der Waals surface area contributed by atoms with Crippen LogP contribution in [0.25, 0.3) is 0 Å². The lowest BCUT2D eigenvalue weighted by Crippen LogP contribution is -2.28. The third kappa shape index (κ3) is 4.52. The van der Waals surface area contributed by atoms with Crippen molar-refractivity contribution in [2.24, 2.45) is 11.8 Å². The third-order valence-electron chi connectivity index (χ3n) is 4.04. The number of nitrogens with one attached hydrogen (secondary N) is 1. The van der Waals surface area contributed by atoms with Crippen molar-refractivity contribution in [3.8, 4) is 0 Å². The van der Waals surface area contributed by atoms with Crippen LogP contribution >= 0.6 is 0 Å². The molecule has 1 fully saturated rings. The first kappa shape index (κ1) is 15.9. The normalized spacial score (nSPS) is 23.2. The number of nitrogens with zero attached hydrogens (tertiary/aromatic N) is 2. The molecule has 0 aromatic carbocycles. The second kappa shape index (κ2) is 6.56. The van der Waals surface area contributed by atoms with Crippen LogP contribution in [0.15, 0.2) is 4.52 Å². The van der Waals surface area contributed by atoms with Crippen molar-refractivity contribution in [3.05, 3.63) is 11.7 Å². The summed E-state index contributed by atoms with van der Waals surface area (Å²) in [5.74, 6) is 1.08. The first-order valence-corrected chi connectivity index (χ1v) is 7.63. The summed E-state index contributed by atoms with van der Waals surface area (Å²) in [6, 6.07) is 0. The summed E-state index contributed by atoms with van der Waals surface area (Å²) in [6.45, 7) is 7.60. The van der Waals surface area contributed by atoms with Crippen LogP contribution in [0.5, 0.6) is 0 Å². The predicted octanol–water partition coefficient (Wildman–Crippen LogP) is 2.35. The molecule has 0 radical (unpaired) electrons. The number of aromatic nitrogens is 2. The van der Waals surface area contributed by atoms with Crippen molar-refractivity contribution < 1.29 is 14.4 Å². The van der Waals surface area contributed by atoms with Crippen LogP contribution in [0.2, 0.25) is 0 Å². The quantitative estimate of drug-likeness (QED) is 0.867. The van der Waals surface area contributed by atoms with Crippen molar-refractivity contribution in [3.63, 3.8) is 0 Å². The van der Waals surface area contributed by atoms with Crippen LogP contribution in [0.3, 0.4) is 0 Å². The highest BCUT2D eigenvalue weighted by atomic mass is 16.5. The van der Waals surface area contributed by atoms with Gasteiger partial charge in [0.05, 0.1) is 12.5 Å². The highest BCUT2D eigenvalue weighted by Gasteiger charge is 2.26. The summed E-state index contributed by atoms with van der Waals surface area (Å²) in [5, 5.41) is 16.3. The lowest BCUT2D eigenvalue weighted by molar-refractivity contribution is -0.143. The second-order valence-electron chi connectivity index (χ2n) is 6.95. The number of aliphatic carboxylic acids is 1. The van der Waals surface area contributed by atoms with E-state index in [1.807, 2.05) is 0 Å². The molecular formula is C15H25N3O3. The minimum atomic E-state index is -0.651. The molecule has 118 valence electrons. The maximum atomic E-state index is 10.9. The van der Waals surface area contributed by atoms with Gasteiger partial charge in [-0.05, 0) is 38.1 Å². The van der Waals surface area contributed by atoms with E-state index >= 15 is 0 Å². The van der Waals surface area contributed by atoms with Crippen LogP contribution in [0.4, 0.5) is 0 Å². The summed E-state index contributed by atoms with van der Waals surface area (Å²) in [6.07, 6.45) is 3.52. The summed E-state index contributed by atoms with van der Waals surface area (Å²) in [7, 11) is 0. The zero-order valence-electron chi connectivity index (χ0n) is 13.1. The van der Waals surface area contributed by atoms with E-state index in [0.29, 0.717) is 18.4 Å². The third-order valence-corrected chi connectivity index (χ3v) is 4.04. The predicted molar refractivity (Wildman–Crippen MR) is 77.8 cm³/mol. The Bertz CT molecular complexity index is 471. The van der Waals surface area contributed by atoms with E-state index in [1.54, 1.807) is 0 Å². The van der Waals surface area contributed by atoms with Crippen molar-refractivity contribution in [1.29, 1.82) is 0 Å². The zero-order valence-corrected chi connectivity index (χ0v) is 13.1. The fourth-order valence-electron chi connectivity index (χ4n) is 2.63. The Hall–Kier alpha value is -1.43. The summed E-state index contributed by atoms with van der Waals surface area (Å²) < 4.78 is 5.23. The van der Waals surface area contributed by atoms with E-state index in [9.17, 15) is 4.79 Å². The fourth-order valence-corrected chi connectivity index (χ4v) is 2.63. The van der Waals surface area contributed by atoms with Gasteiger partial charge in [-0.25, -0.2) is 0 Å². The van der Waals surface area contributed by atoms with Gasteiger partial charge in [0.15, 0.2) is 5.82 Å². The molecule has 0 amide bonds. The summed E-state index contributed by atoms with van der Waals surface area (Å²) in [4.78, 5) is 15.3. The topological polar surface area (TPSA) is 88.2 Å². The number of rotatable bonds is 5. The molecule has 1 aliphatic carbocycles.